The van der Waals surface area contributed by atoms with Gasteiger partial charge < -0.3 is 14.7 Å². The highest BCUT2D eigenvalue weighted by Gasteiger charge is 2.17. The molecular weight excluding hydrogens is 441 g/mol. The molecule has 0 unspecified atom stereocenters. The summed E-state index contributed by atoms with van der Waals surface area (Å²) < 4.78 is 5.14. The van der Waals surface area contributed by atoms with Crippen molar-refractivity contribution < 1.29 is 4.52 Å². The van der Waals surface area contributed by atoms with Gasteiger partial charge in [0.25, 0.3) is 0 Å². The highest BCUT2D eigenvalue weighted by Crippen LogP contribution is 2.19. The number of halogens is 1. The Balaban J connectivity index is 0.00000243. The van der Waals surface area contributed by atoms with Gasteiger partial charge >= 0.3 is 0 Å². The molecule has 2 aromatic rings. The van der Waals surface area contributed by atoms with Crippen molar-refractivity contribution in [1.29, 1.82) is 0 Å². The summed E-state index contributed by atoms with van der Waals surface area (Å²) in [7, 11) is 0. The molecule has 0 spiro atoms. The molecule has 3 rings (SSSR count). The van der Waals surface area contributed by atoms with Gasteiger partial charge in [0.1, 0.15) is 6.54 Å². The summed E-state index contributed by atoms with van der Waals surface area (Å²) in [6, 6.07) is 10.5. The second-order valence-electron chi connectivity index (χ2n) is 6.11. The molecule has 1 N–H and O–H groups in total. The lowest BCUT2D eigenvalue weighted by molar-refractivity contribution is 0.364. The molecule has 1 saturated heterocycles. The number of aromatic nitrogens is 2. The van der Waals surface area contributed by atoms with Crippen LogP contribution in [-0.2, 0) is 6.54 Å². The van der Waals surface area contributed by atoms with Crippen LogP contribution in [0.2, 0.25) is 0 Å². The van der Waals surface area contributed by atoms with Crippen molar-refractivity contribution in [3.63, 3.8) is 0 Å². The molecule has 1 aliphatic rings. The number of aryl methyl sites for hydroxylation is 1. The molecule has 140 valence electrons. The van der Waals surface area contributed by atoms with E-state index in [0.717, 1.165) is 38.4 Å². The maximum absolute atomic E-state index is 5.14. The zero-order valence-corrected chi connectivity index (χ0v) is 17.6. The molecule has 0 amide bonds. The van der Waals surface area contributed by atoms with Crippen molar-refractivity contribution >= 4 is 36.0 Å². The number of rotatable bonds is 4. The Kier molecular flexibility index (Phi) is 8.08. The fourth-order valence-corrected chi connectivity index (χ4v) is 2.91. The first kappa shape index (κ1) is 20.4. The van der Waals surface area contributed by atoms with Crippen LogP contribution >= 0.6 is 24.0 Å². The zero-order chi connectivity index (χ0) is 17.5. The maximum atomic E-state index is 5.14. The van der Waals surface area contributed by atoms with Gasteiger partial charge in [-0.15, -0.1) is 24.0 Å². The first-order valence-electron chi connectivity index (χ1n) is 8.81. The molecule has 0 saturated carbocycles. The van der Waals surface area contributed by atoms with Crippen LogP contribution in [0.1, 0.15) is 37.0 Å². The summed E-state index contributed by atoms with van der Waals surface area (Å²) in [6.07, 6.45) is 4.42. The van der Waals surface area contributed by atoms with E-state index >= 15 is 0 Å². The van der Waals surface area contributed by atoms with Gasteiger partial charge in [-0.1, -0.05) is 47.1 Å². The molecule has 0 aliphatic carbocycles. The van der Waals surface area contributed by atoms with Crippen LogP contribution in [-0.4, -0.2) is 40.6 Å². The first-order valence-corrected chi connectivity index (χ1v) is 8.81. The monoisotopic (exact) mass is 467 g/mol. The van der Waals surface area contributed by atoms with Gasteiger partial charge in [0, 0.05) is 19.6 Å². The molecule has 1 aromatic heterocycles. The quantitative estimate of drug-likeness (QED) is 0.423. The van der Waals surface area contributed by atoms with E-state index < -0.39 is 0 Å². The molecule has 2 heterocycles. The molecule has 7 heteroatoms. The summed E-state index contributed by atoms with van der Waals surface area (Å²) in [5.74, 6) is 2.11. The van der Waals surface area contributed by atoms with Gasteiger partial charge in [0.2, 0.25) is 5.89 Å². The van der Waals surface area contributed by atoms with E-state index in [9.17, 15) is 0 Å². The number of aliphatic imine (C=N–C) groups is 1. The number of piperidine rings is 1. The van der Waals surface area contributed by atoms with Gasteiger partial charge in [-0.05, 0) is 32.3 Å². The van der Waals surface area contributed by atoms with Gasteiger partial charge in [-0.3, -0.25) is 0 Å². The predicted molar refractivity (Wildman–Crippen MR) is 114 cm³/mol. The minimum atomic E-state index is 0. The van der Waals surface area contributed by atoms with Crippen molar-refractivity contribution in [2.75, 3.05) is 19.6 Å². The smallest absolute Gasteiger partial charge is 0.248 e. The third-order valence-corrected chi connectivity index (χ3v) is 4.14. The molecule has 6 nitrogen and oxygen atoms in total. The standard InChI is InChI=1S/C19H25N5O.HI/c1-3-20-19(21-14-18-22-15(2)23-25-18)24-11-9-17(10-12-24)13-16-7-5-4-6-8-16;/h4-8,13H,3,9-12,14H2,1-2H3,(H,20,21);1H. The van der Waals surface area contributed by atoms with Crippen molar-refractivity contribution in [2.45, 2.75) is 33.2 Å². The van der Waals surface area contributed by atoms with Crippen molar-refractivity contribution in [3.8, 4) is 0 Å². The highest BCUT2D eigenvalue weighted by molar-refractivity contribution is 14.0. The Bertz CT molecular complexity index is 731. The highest BCUT2D eigenvalue weighted by atomic mass is 127. The topological polar surface area (TPSA) is 66.5 Å². The van der Waals surface area contributed by atoms with E-state index in [-0.39, 0.29) is 24.0 Å². The van der Waals surface area contributed by atoms with Crippen LogP contribution < -0.4 is 5.32 Å². The number of hydrogen-bond acceptors (Lipinski definition) is 4. The fourth-order valence-electron chi connectivity index (χ4n) is 2.91. The lowest BCUT2D eigenvalue weighted by Gasteiger charge is -2.31. The molecule has 0 atom stereocenters. The average molecular weight is 467 g/mol. The number of benzene rings is 1. The van der Waals surface area contributed by atoms with Crippen LogP contribution in [0.4, 0.5) is 0 Å². The van der Waals surface area contributed by atoms with Crippen LogP contribution in [0.3, 0.4) is 0 Å². The number of guanidine groups is 1. The first-order chi connectivity index (χ1) is 12.2. The lowest BCUT2D eigenvalue weighted by Crippen LogP contribution is -2.44. The number of nitrogens with zero attached hydrogens (tertiary/aromatic N) is 4. The molecule has 1 aliphatic heterocycles. The van der Waals surface area contributed by atoms with Crippen molar-refractivity contribution in [1.82, 2.24) is 20.4 Å². The Labute approximate surface area is 171 Å². The average Bonchev–Trinajstić information content (AvgIpc) is 3.06. The minimum absolute atomic E-state index is 0. The Morgan fingerprint density at radius 1 is 1.27 bits per heavy atom. The van der Waals surface area contributed by atoms with E-state index in [1.165, 1.54) is 11.1 Å². The second kappa shape index (κ2) is 10.3. The lowest BCUT2D eigenvalue weighted by atomic mass is 10.0. The summed E-state index contributed by atoms with van der Waals surface area (Å²) in [5, 5.41) is 7.17. The Hall–Kier alpha value is -1.90. The van der Waals surface area contributed by atoms with E-state index in [0.29, 0.717) is 18.3 Å². The molecule has 1 fully saturated rings. The van der Waals surface area contributed by atoms with Crippen molar-refractivity contribution in [2.24, 2.45) is 4.99 Å². The van der Waals surface area contributed by atoms with E-state index in [4.69, 9.17) is 4.52 Å². The molecular formula is C19H26IN5O. The van der Waals surface area contributed by atoms with Gasteiger partial charge in [0.05, 0.1) is 0 Å². The molecule has 0 radical (unpaired) electrons. The van der Waals surface area contributed by atoms with E-state index in [1.807, 2.05) is 6.92 Å². The number of nitrogens with one attached hydrogen (secondary N) is 1. The van der Waals surface area contributed by atoms with E-state index in [2.05, 4.69) is 68.7 Å². The predicted octanol–water partition coefficient (Wildman–Crippen LogP) is 3.64. The number of hydrogen-bond donors (Lipinski definition) is 1. The summed E-state index contributed by atoms with van der Waals surface area (Å²) in [5.41, 5.74) is 2.77. The van der Waals surface area contributed by atoms with Gasteiger partial charge in [0.15, 0.2) is 11.8 Å². The summed E-state index contributed by atoms with van der Waals surface area (Å²) in [6.45, 7) is 7.07. The van der Waals surface area contributed by atoms with Crippen LogP contribution in [0.15, 0.2) is 45.4 Å². The van der Waals surface area contributed by atoms with Gasteiger partial charge in [-0.25, -0.2) is 4.99 Å². The molecule has 0 bridgehead atoms. The Morgan fingerprint density at radius 3 is 2.62 bits per heavy atom. The number of likely N-dealkylation sites (tertiary alicyclic amines) is 1. The van der Waals surface area contributed by atoms with Crippen LogP contribution in [0, 0.1) is 6.92 Å². The fraction of sp³-hybridized carbons (Fsp3) is 0.421. The maximum Gasteiger partial charge on any atom is 0.248 e. The summed E-state index contributed by atoms with van der Waals surface area (Å²) >= 11 is 0. The Morgan fingerprint density at radius 2 is 2.00 bits per heavy atom. The van der Waals surface area contributed by atoms with E-state index in [1.54, 1.807) is 0 Å². The second-order valence-corrected chi connectivity index (χ2v) is 6.11. The third kappa shape index (κ3) is 5.82. The largest absolute Gasteiger partial charge is 0.357 e. The minimum Gasteiger partial charge on any atom is -0.357 e. The molecule has 1 aromatic carbocycles. The normalized spacial score (nSPS) is 14.8. The van der Waals surface area contributed by atoms with Gasteiger partial charge in [-0.2, -0.15) is 4.98 Å². The van der Waals surface area contributed by atoms with Crippen molar-refractivity contribution in [3.05, 3.63) is 53.2 Å². The zero-order valence-electron chi connectivity index (χ0n) is 15.3. The third-order valence-electron chi connectivity index (χ3n) is 4.14. The SMILES string of the molecule is CCNC(=NCc1nc(C)no1)N1CCC(=Cc2ccccc2)CC1.I. The summed E-state index contributed by atoms with van der Waals surface area (Å²) in [4.78, 5) is 11.2. The molecule has 26 heavy (non-hydrogen) atoms. The van der Waals surface area contributed by atoms with Crippen LogP contribution in [0.5, 0.6) is 0 Å². The van der Waals surface area contributed by atoms with Crippen LogP contribution in [0.25, 0.3) is 6.08 Å².